The molecule has 0 aromatic heterocycles. The van der Waals surface area contributed by atoms with Crippen LogP contribution in [0.15, 0.2) is 0 Å². The fraction of sp³-hybridized carbons (Fsp3) is 0.913. The summed E-state index contributed by atoms with van der Waals surface area (Å²) in [5.74, 6) is 0.00502. The molecule has 2 amide bonds. The summed E-state index contributed by atoms with van der Waals surface area (Å²) >= 11 is 0. The Morgan fingerprint density at radius 1 is 0.733 bits per heavy atom. The quantitative estimate of drug-likeness (QED) is 0.166. The Bertz CT molecular complexity index is 408. The molecule has 0 rings (SSSR count). The molecule has 0 aliphatic heterocycles. The highest BCUT2D eigenvalue weighted by Gasteiger charge is 2.16. The van der Waals surface area contributed by atoms with Crippen molar-refractivity contribution in [2.24, 2.45) is 5.73 Å². The molecular formula is C23H48N4O3. The normalized spacial score (nSPS) is 11.9. The van der Waals surface area contributed by atoms with Crippen LogP contribution in [-0.2, 0) is 4.79 Å². The van der Waals surface area contributed by atoms with Crippen LogP contribution in [-0.4, -0.2) is 49.3 Å². The lowest BCUT2D eigenvalue weighted by molar-refractivity contribution is -0.123. The Morgan fingerprint density at radius 3 is 1.80 bits per heavy atom. The summed E-state index contributed by atoms with van der Waals surface area (Å²) in [5.41, 5.74) is 5.52. The number of carbonyl (C=O) groups excluding carboxylic acids is 1. The molecule has 0 heterocycles. The zero-order valence-corrected chi connectivity index (χ0v) is 19.4. The molecule has 0 aliphatic rings. The van der Waals surface area contributed by atoms with E-state index in [0.717, 1.165) is 19.3 Å². The van der Waals surface area contributed by atoms with Crippen LogP contribution < -0.4 is 21.7 Å². The molecule has 0 aliphatic carbocycles. The van der Waals surface area contributed by atoms with Crippen LogP contribution in [0, 0.1) is 0 Å². The van der Waals surface area contributed by atoms with E-state index in [-0.39, 0.29) is 11.9 Å². The maximum atomic E-state index is 12.4. The molecular weight excluding hydrogens is 380 g/mol. The van der Waals surface area contributed by atoms with Crippen molar-refractivity contribution in [3.63, 3.8) is 0 Å². The summed E-state index contributed by atoms with van der Waals surface area (Å²) in [6.07, 6.45) is 16.7. The first-order chi connectivity index (χ1) is 14.6. The molecule has 0 aromatic rings. The van der Waals surface area contributed by atoms with Gasteiger partial charge in [-0.25, -0.2) is 4.79 Å². The van der Waals surface area contributed by atoms with Crippen molar-refractivity contribution in [1.29, 1.82) is 0 Å². The topological polar surface area (TPSA) is 116 Å². The zero-order chi connectivity index (χ0) is 22.3. The summed E-state index contributed by atoms with van der Waals surface area (Å²) in [4.78, 5) is 22.9. The monoisotopic (exact) mass is 428 g/mol. The minimum atomic E-state index is -1.03. The van der Waals surface area contributed by atoms with Crippen molar-refractivity contribution in [2.75, 3.05) is 26.2 Å². The summed E-state index contributed by atoms with van der Waals surface area (Å²) in [6.45, 7) is 4.60. The third kappa shape index (κ3) is 20.0. The van der Waals surface area contributed by atoms with Crippen LogP contribution in [0.3, 0.4) is 0 Å². The second-order valence-electron chi connectivity index (χ2n) is 8.20. The summed E-state index contributed by atoms with van der Waals surface area (Å²) in [5, 5.41) is 17.2. The van der Waals surface area contributed by atoms with E-state index in [9.17, 15) is 9.59 Å². The number of rotatable bonds is 22. The predicted octanol–water partition coefficient (Wildman–Crippen LogP) is 4.16. The molecule has 1 unspecified atom stereocenters. The van der Waals surface area contributed by atoms with Crippen molar-refractivity contribution in [1.82, 2.24) is 16.0 Å². The van der Waals surface area contributed by atoms with Crippen molar-refractivity contribution in [3.05, 3.63) is 0 Å². The number of carboxylic acid groups (broad SMARTS) is 1. The number of nitrogens with one attached hydrogen (secondary N) is 3. The van der Waals surface area contributed by atoms with E-state index in [4.69, 9.17) is 10.8 Å². The molecule has 0 spiro atoms. The third-order valence-corrected chi connectivity index (χ3v) is 5.36. The SMILES string of the molecule is CCCCCCCCCCCCCCNC(=O)C(CCCNC(=O)O)NCCCN. The number of nitrogens with two attached hydrogens (primary N) is 1. The molecule has 0 bridgehead atoms. The minimum absolute atomic E-state index is 0.00502. The highest BCUT2D eigenvalue weighted by molar-refractivity contribution is 5.81. The highest BCUT2D eigenvalue weighted by atomic mass is 16.4. The van der Waals surface area contributed by atoms with Gasteiger partial charge in [-0.2, -0.15) is 0 Å². The van der Waals surface area contributed by atoms with Gasteiger partial charge in [0.15, 0.2) is 0 Å². The van der Waals surface area contributed by atoms with Gasteiger partial charge in [0.2, 0.25) is 5.91 Å². The Morgan fingerprint density at radius 2 is 1.27 bits per heavy atom. The van der Waals surface area contributed by atoms with E-state index < -0.39 is 6.09 Å². The van der Waals surface area contributed by atoms with Gasteiger partial charge < -0.3 is 26.8 Å². The lowest BCUT2D eigenvalue weighted by Gasteiger charge is -2.18. The average molecular weight is 429 g/mol. The van der Waals surface area contributed by atoms with Crippen molar-refractivity contribution < 1.29 is 14.7 Å². The second kappa shape index (κ2) is 22.3. The van der Waals surface area contributed by atoms with E-state index in [1.165, 1.54) is 64.2 Å². The molecule has 178 valence electrons. The summed E-state index contributed by atoms with van der Waals surface area (Å²) < 4.78 is 0. The van der Waals surface area contributed by atoms with Crippen LogP contribution in [0.4, 0.5) is 4.79 Å². The molecule has 0 aromatic carbocycles. The second-order valence-corrected chi connectivity index (χ2v) is 8.20. The third-order valence-electron chi connectivity index (χ3n) is 5.36. The van der Waals surface area contributed by atoms with Gasteiger partial charge in [0.05, 0.1) is 6.04 Å². The van der Waals surface area contributed by atoms with Crippen LogP contribution in [0.2, 0.25) is 0 Å². The van der Waals surface area contributed by atoms with E-state index in [1.807, 2.05) is 0 Å². The molecule has 30 heavy (non-hydrogen) atoms. The van der Waals surface area contributed by atoms with Gasteiger partial charge in [-0.3, -0.25) is 4.79 Å². The van der Waals surface area contributed by atoms with Crippen LogP contribution in [0.25, 0.3) is 0 Å². The fourth-order valence-electron chi connectivity index (χ4n) is 3.51. The number of unbranched alkanes of at least 4 members (excludes halogenated alkanes) is 11. The summed E-state index contributed by atoms with van der Waals surface area (Å²) in [7, 11) is 0. The lowest BCUT2D eigenvalue weighted by atomic mass is 10.1. The molecule has 0 fully saturated rings. The molecule has 7 heteroatoms. The summed E-state index contributed by atoms with van der Waals surface area (Å²) in [6, 6.07) is -0.288. The smallest absolute Gasteiger partial charge is 0.404 e. The molecule has 6 N–H and O–H groups in total. The largest absolute Gasteiger partial charge is 0.465 e. The van der Waals surface area contributed by atoms with Crippen LogP contribution in [0.5, 0.6) is 0 Å². The standard InChI is InChI=1S/C23H48N4O3/c1-2-3-4-5-6-7-8-9-10-11-12-13-18-26-22(28)21(25-20-15-17-24)16-14-19-27-23(29)30/h21,25,27H,2-20,24H2,1H3,(H,26,28)(H,29,30). The number of carbonyl (C=O) groups is 2. The Hall–Kier alpha value is -1.34. The molecule has 0 saturated heterocycles. The van der Waals surface area contributed by atoms with Gasteiger partial charge in [-0.1, -0.05) is 77.6 Å². The van der Waals surface area contributed by atoms with Gasteiger partial charge in [-0.05, 0) is 38.8 Å². The van der Waals surface area contributed by atoms with Gasteiger partial charge >= 0.3 is 6.09 Å². The van der Waals surface area contributed by atoms with Gasteiger partial charge in [0.25, 0.3) is 0 Å². The Labute approximate surface area is 184 Å². The lowest BCUT2D eigenvalue weighted by Crippen LogP contribution is -2.45. The molecule has 0 saturated carbocycles. The van der Waals surface area contributed by atoms with Crippen LogP contribution >= 0.6 is 0 Å². The maximum Gasteiger partial charge on any atom is 0.404 e. The minimum Gasteiger partial charge on any atom is -0.465 e. The first-order valence-corrected chi connectivity index (χ1v) is 12.3. The van der Waals surface area contributed by atoms with Crippen LogP contribution in [0.1, 0.15) is 103 Å². The van der Waals surface area contributed by atoms with Crippen molar-refractivity contribution in [2.45, 2.75) is 109 Å². The van der Waals surface area contributed by atoms with Crippen molar-refractivity contribution >= 4 is 12.0 Å². The van der Waals surface area contributed by atoms with Crippen molar-refractivity contribution in [3.8, 4) is 0 Å². The van der Waals surface area contributed by atoms with E-state index in [2.05, 4.69) is 22.9 Å². The van der Waals surface area contributed by atoms with Gasteiger partial charge in [0.1, 0.15) is 0 Å². The highest BCUT2D eigenvalue weighted by Crippen LogP contribution is 2.11. The predicted molar refractivity (Wildman–Crippen MR) is 125 cm³/mol. The number of amides is 2. The van der Waals surface area contributed by atoms with Gasteiger partial charge in [-0.15, -0.1) is 0 Å². The molecule has 7 nitrogen and oxygen atoms in total. The van der Waals surface area contributed by atoms with Gasteiger partial charge in [0, 0.05) is 13.1 Å². The first kappa shape index (κ1) is 28.7. The number of hydrogen-bond donors (Lipinski definition) is 5. The average Bonchev–Trinajstić information content (AvgIpc) is 2.72. The van der Waals surface area contributed by atoms with E-state index in [1.54, 1.807) is 0 Å². The Kier molecular flexibility index (Phi) is 21.3. The fourth-order valence-corrected chi connectivity index (χ4v) is 3.51. The molecule has 0 radical (unpaired) electrons. The first-order valence-electron chi connectivity index (χ1n) is 12.3. The van der Waals surface area contributed by atoms with E-state index in [0.29, 0.717) is 39.0 Å². The maximum absolute atomic E-state index is 12.4. The zero-order valence-electron chi connectivity index (χ0n) is 19.4. The molecule has 1 atom stereocenters. The number of hydrogen-bond acceptors (Lipinski definition) is 4. The Balaban J connectivity index is 3.72. The van der Waals surface area contributed by atoms with E-state index >= 15 is 0 Å².